The Morgan fingerprint density at radius 1 is 1.45 bits per heavy atom. The summed E-state index contributed by atoms with van der Waals surface area (Å²) in [6.07, 6.45) is -0.179. The van der Waals surface area contributed by atoms with Crippen LogP contribution in [0.1, 0.15) is 0 Å². The summed E-state index contributed by atoms with van der Waals surface area (Å²) in [5.74, 6) is 2.12. The molecule has 66 valence electrons. The molecule has 3 nitrogen and oxygen atoms in total. The van der Waals surface area contributed by atoms with Gasteiger partial charge in [0.2, 0.25) is 0 Å². The minimum absolute atomic E-state index is 0.179. The minimum Gasteiger partial charge on any atom is -0.396 e. The van der Waals surface area contributed by atoms with Gasteiger partial charge in [-0.2, -0.15) is 11.8 Å². The second-order valence-corrected chi connectivity index (χ2v) is 3.93. The summed E-state index contributed by atoms with van der Waals surface area (Å²) in [5.41, 5.74) is 0. The van der Waals surface area contributed by atoms with Crippen molar-refractivity contribution >= 4 is 11.8 Å². The zero-order valence-corrected chi connectivity index (χ0v) is 7.31. The Morgan fingerprint density at radius 2 is 2.27 bits per heavy atom. The molecule has 1 saturated heterocycles. The molecule has 1 rings (SSSR count). The molecule has 3 N–H and O–H groups in total. The summed E-state index contributed by atoms with van der Waals surface area (Å²) in [6, 6.07) is 0. The predicted octanol–water partition coefficient (Wildman–Crippen LogP) is -0.708. The van der Waals surface area contributed by atoms with Crippen LogP contribution >= 0.6 is 11.8 Å². The number of rotatable bonds is 4. The fourth-order valence-electron chi connectivity index (χ4n) is 1.19. The predicted molar refractivity (Wildman–Crippen MR) is 46.8 cm³/mol. The maximum Gasteiger partial charge on any atom is 0.0712 e. The SMILES string of the molecule is OCCSC[C@H]1CNCC1O. The molecule has 1 aliphatic rings. The average molecular weight is 177 g/mol. The lowest BCUT2D eigenvalue weighted by Crippen LogP contribution is -2.20. The third kappa shape index (κ3) is 2.99. The molecule has 0 radical (unpaired) electrons. The number of nitrogens with one attached hydrogen (secondary N) is 1. The van der Waals surface area contributed by atoms with Crippen LogP contribution in [0.3, 0.4) is 0 Å². The lowest BCUT2D eigenvalue weighted by Gasteiger charge is -2.11. The molecule has 2 atom stereocenters. The first kappa shape index (κ1) is 9.32. The smallest absolute Gasteiger partial charge is 0.0712 e. The van der Waals surface area contributed by atoms with Gasteiger partial charge in [-0.05, 0) is 5.75 Å². The summed E-state index contributed by atoms with van der Waals surface area (Å²) in [7, 11) is 0. The number of thioether (sulfide) groups is 1. The van der Waals surface area contributed by atoms with Crippen LogP contribution in [0.4, 0.5) is 0 Å². The van der Waals surface area contributed by atoms with Crippen LogP contribution in [0, 0.1) is 5.92 Å². The molecule has 0 amide bonds. The van der Waals surface area contributed by atoms with Gasteiger partial charge >= 0.3 is 0 Å². The highest BCUT2D eigenvalue weighted by molar-refractivity contribution is 7.99. The van der Waals surface area contributed by atoms with Crippen LogP contribution in [0.25, 0.3) is 0 Å². The van der Waals surface area contributed by atoms with E-state index in [2.05, 4.69) is 5.32 Å². The molecule has 0 spiro atoms. The molecule has 0 aromatic rings. The number of aliphatic hydroxyl groups is 2. The number of aliphatic hydroxyl groups excluding tert-OH is 2. The summed E-state index contributed by atoms with van der Waals surface area (Å²) in [4.78, 5) is 0. The number of β-amino-alcohol motifs (C(OH)–C–C–N with tert-alkyl or cyclic N) is 1. The van der Waals surface area contributed by atoms with Gasteiger partial charge < -0.3 is 15.5 Å². The molecule has 0 saturated carbocycles. The van der Waals surface area contributed by atoms with Crippen molar-refractivity contribution in [2.45, 2.75) is 6.10 Å². The van der Waals surface area contributed by atoms with Crippen LogP contribution in [0.2, 0.25) is 0 Å². The monoisotopic (exact) mass is 177 g/mol. The zero-order valence-electron chi connectivity index (χ0n) is 6.49. The normalized spacial score (nSPS) is 31.1. The third-order valence-electron chi connectivity index (χ3n) is 1.87. The van der Waals surface area contributed by atoms with E-state index in [1.54, 1.807) is 11.8 Å². The van der Waals surface area contributed by atoms with Crippen LogP contribution in [-0.4, -0.2) is 47.5 Å². The first-order chi connectivity index (χ1) is 5.34. The molecular weight excluding hydrogens is 162 g/mol. The first-order valence-corrected chi connectivity index (χ1v) is 5.07. The standard InChI is InChI=1S/C7H15NO2S/c9-1-2-11-5-6-3-8-4-7(6)10/h6-10H,1-5H2/t6-,7?/m1/s1. The molecule has 0 aromatic carbocycles. The summed E-state index contributed by atoms with van der Waals surface area (Å²) in [5, 5.41) is 21.0. The van der Waals surface area contributed by atoms with Gasteiger partial charge in [0.05, 0.1) is 12.7 Å². The molecule has 1 fully saturated rings. The topological polar surface area (TPSA) is 52.5 Å². The van der Waals surface area contributed by atoms with E-state index in [0.717, 1.165) is 24.6 Å². The Morgan fingerprint density at radius 3 is 2.82 bits per heavy atom. The zero-order chi connectivity index (χ0) is 8.10. The highest BCUT2D eigenvalue weighted by atomic mass is 32.2. The van der Waals surface area contributed by atoms with Crippen molar-refractivity contribution in [3.05, 3.63) is 0 Å². The van der Waals surface area contributed by atoms with E-state index in [1.807, 2.05) is 0 Å². The van der Waals surface area contributed by atoms with Crippen LogP contribution in [0.5, 0.6) is 0 Å². The first-order valence-electron chi connectivity index (χ1n) is 3.92. The minimum atomic E-state index is -0.179. The molecule has 0 bridgehead atoms. The lowest BCUT2D eigenvalue weighted by molar-refractivity contribution is 0.158. The van der Waals surface area contributed by atoms with Gasteiger partial charge in [0.1, 0.15) is 0 Å². The third-order valence-corrected chi connectivity index (χ3v) is 3.01. The van der Waals surface area contributed by atoms with E-state index >= 15 is 0 Å². The Balaban J connectivity index is 2.05. The molecule has 4 heteroatoms. The van der Waals surface area contributed by atoms with Crippen molar-refractivity contribution in [2.24, 2.45) is 5.92 Å². The van der Waals surface area contributed by atoms with Crippen molar-refractivity contribution in [1.82, 2.24) is 5.32 Å². The molecule has 0 aliphatic carbocycles. The summed E-state index contributed by atoms with van der Waals surface area (Å²) >= 11 is 1.70. The summed E-state index contributed by atoms with van der Waals surface area (Å²) in [6.45, 7) is 1.88. The number of hydrogen-bond acceptors (Lipinski definition) is 4. The summed E-state index contributed by atoms with van der Waals surface area (Å²) < 4.78 is 0. The molecule has 1 heterocycles. The molecule has 1 aliphatic heterocycles. The fourth-order valence-corrected chi connectivity index (χ4v) is 2.13. The van der Waals surface area contributed by atoms with Crippen molar-refractivity contribution in [3.8, 4) is 0 Å². The van der Waals surface area contributed by atoms with E-state index < -0.39 is 0 Å². The highest BCUT2D eigenvalue weighted by Crippen LogP contribution is 2.15. The van der Waals surface area contributed by atoms with E-state index in [-0.39, 0.29) is 12.7 Å². The van der Waals surface area contributed by atoms with Crippen LogP contribution in [0.15, 0.2) is 0 Å². The Labute approximate surface area is 71.2 Å². The van der Waals surface area contributed by atoms with Gasteiger partial charge in [0, 0.05) is 24.8 Å². The fraction of sp³-hybridized carbons (Fsp3) is 1.00. The van der Waals surface area contributed by atoms with Gasteiger partial charge in [-0.15, -0.1) is 0 Å². The average Bonchev–Trinajstić information content (AvgIpc) is 2.37. The Hall–Kier alpha value is 0.230. The Kier molecular flexibility index (Phi) is 4.22. The highest BCUT2D eigenvalue weighted by Gasteiger charge is 2.23. The number of hydrogen-bond donors (Lipinski definition) is 3. The molecule has 11 heavy (non-hydrogen) atoms. The van der Waals surface area contributed by atoms with Gasteiger partial charge in [-0.3, -0.25) is 0 Å². The molecule has 1 unspecified atom stereocenters. The van der Waals surface area contributed by atoms with Crippen molar-refractivity contribution in [1.29, 1.82) is 0 Å². The second-order valence-electron chi connectivity index (χ2n) is 2.78. The van der Waals surface area contributed by atoms with E-state index in [1.165, 1.54) is 0 Å². The largest absolute Gasteiger partial charge is 0.396 e. The van der Waals surface area contributed by atoms with Crippen LogP contribution in [-0.2, 0) is 0 Å². The van der Waals surface area contributed by atoms with Gasteiger partial charge in [0.25, 0.3) is 0 Å². The van der Waals surface area contributed by atoms with Gasteiger partial charge in [-0.25, -0.2) is 0 Å². The van der Waals surface area contributed by atoms with Crippen molar-refractivity contribution < 1.29 is 10.2 Å². The van der Waals surface area contributed by atoms with E-state index in [4.69, 9.17) is 5.11 Å². The van der Waals surface area contributed by atoms with Gasteiger partial charge in [0.15, 0.2) is 0 Å². The van der Waals surface area contributed by atoms with Crippen LogP contribution < -0.4 is 5.32 Å². The molecule has 0 aromatic heterocycles. The molecular formula is C7H15NO2S. The maximum atomic E-state index is 9.35. The van der Waals surface area contributed by atoms with Crippen molar-refractivity contribution in [3.63, 3.8) is 0 Å². The quantitative estimate of drug-likeness (QED) is 0.497. The Bertz CT molecular complexity index is 113. The lowest BCUT2D eigenvalue weighted by atomic mass is 10.1. The van der Waals surface area contributed by atoms with E-state index in [0.29, 0.717) is 5.92 Å². The second kappa shape index (κ2) is 4.98. The van der Waals surface area contributed by atoms with Gasteiger partial charge in [-0.1, -0.05) is 0 Å². The maximum absolute atomic E-state index is 9.35. The van der Waals surface area contributed by atoms with Crippen molar-refractivity contribution in [2.75, 3.05) is 31.2 Å². The van der Waals surface area contributed by atoms with E-state index in [9.17, 15) is 5.11 Å².